The molecule has 0 saturated carbocycles. The fourth-order valence-electron chi connectivity index (χ4n) is 1.28. The van der Waals surface area contributed by atoms with Crippen molar-refractivity contribution >= 4 is 5.78 Å². The fourth-order valence-corrected chi connectivity index (χ4v) is 1.28. The van der Waals surface area contributed by atoms with E-state index in [0.717, 1.165) is 5.56 Å². The lowest BCUT2D eigenvalue weighted by molar-refractivity contribution is -0.180. The van der Waals surface area contributed by atoms with Gasteiger partial charge >= 0.3 is 0 Å². The monoisotopic (exact) mass is 222 g/mol. The number of benzene rings is 1. The van der Waals surface area contributed by atoms with Crippen LogP contribution in [0.5, 0.6) is 0 Å². The highest BCUT2D eigenvalue weighted by Crippen LogP contribution is 2.11. The maximum atomic E-state index is 11.6. The van der Waals surface area contributed by atoms with Crippen molar-refractivity contribution in [3.8, 4) is 0 Å². The molecule has 0 spiro atoms. The second kappa shape index (κ2) is 5.23. The predicted molar refractivity (Wildman–Crippen MR) is 62.0 cm³/mol. The van der Waals surface area contributed by atoms with Crippen LogP contribution in [0.3, 0.4) is 0 Å². The number of ketones is 1. The molecular formula is C13H18O3. The second-order valence-corrected chi connectivity index (χ2v) is 4.71. The lowest BCUT2D eigenvalue weighted by Gasteiger charge is -2.23. The largest absolute Gasteiger partial charge is 0.362 e. The van der Waals surface area contributed by atoms with E-state index in [1.807, 2.05) is 30.3 Å². The summed E-state index contributed by atoms with van der Waals surface area (Å²) in [6, 6.07) is 9.30. The maximum Gasteiger partial charge on any atom is 0.216 e. The molecule has 1 atom stereocenters. The van der Waals surface area contributed by atoms with Gasteiger partial charge in [-0.2, -0.15) is 0 Å². The first-order valence-electron chi connectivity index (χ1n) is 5.31. The molecule has 1 unspecified atom stereocenters. The Balaban J connectivity index is 2.53. The van der Waals surface area contributed by atoms with Crippen LogP contribution >= 0.6 is 0 Å². The molecule has 1 rings (SSSR count). The Morgan fingerprint density at radius 3 is 2.38 bits per heavy atom. The van der Waals surface area contributed by atoms with Gasteiger partial charge in [0.2, 0.25) is 6.29 Å². The third-order valence-electron chi connectivity index (χ3n) is 1.96. The van der Waals surface area contributed by atoms with Crippen LogP contribution in [0.15, 0.2) is 30.3 Å². The van der Waals surface area contributed by atoms with Crippen molar-refractivity contribution < 1.29 is 14.6 Å². The Labute approximate surface area is 96.1 Å². The third kappa shape index (κ3) is 4.55. The second-order valence-electron chi connectivity index (χ2n) is 4.71. The molecule has 0 aromatic heterocycles. The van der Waals surface area contributed by atoms with Crippen LogP contribution in [0, 0.1) is 0 Å². The molecule has 1 N–H and O–H groups in total. The lowest BCUT2D eigenvalue weighted by atomic mass is 10.1. The van der Waals surface area contributed by atoms with E-state index in [2.05, 4.69) is 0 Å². The summed E-state index contributed by atoms with van der Waals surface area (Å²) in [5.74, 6) is -0.318. The van der Waals surface area contributed by atoms with Crippen molar-refractivity contribution in [1.82, 2.24) is 0 Å². The Morgan fingerprint density at radius 2 is 1.88 bits per heavy atom. The standard InChI is InChI=1S/C13H18O3/c1-13(2,3)16-12(15)11(14)9-10-7-5-4-6-8-10/h4-8,12,15H,9H2,1-3H3. The van der Waals surface area contributed by atoms with E-state index in [1.165, 1.54) is 0 Å². The average Bonchev–Trinajstić information content (AvgIpc) is 2.16. The van der Waals surface area contributed by atoms with E-state index in [0.29, 0.717) is 0 Å². The SMILES string of the molecule is CC(C)(C)OC(O)C(=O)Cc1ccccc1. The molecule has 3 nitrogen and oxygen atoms in total. The maximum absolute atomic E-state index is 11.6. The summed E-state index contributed by atoms with van der Waals surface area (Å²) in [4.78, 5) is 11.6. The zero-order valence-corrected chi connectivity index (χ0v) is 9.93. The van der Waals surface area contributed by atoms with Crippen molar-refractivity contribution in [2.45, 2.75) is 39.1 Å². The number of aliphatic hydroxyl groups excluding tert-OH is 1. The van der Waals surface area contributed by atoms with Gasteiger partial charge in [0.1, 0.15) is 0 Å². The fraction of sp³-hybridized carbons (Fsp3) is 0.462. The molecule has 0 aliphatic heterocycles. The number of ether oxygens (including phenoxy) is 1. The predicted octanol–water partition coefficient (Wildman–Crippen LogP) is 1.93. The summed E-state index contributed by atoms with van der Waals surface area (Å²) in [5, 5.41) is 9.54. The minimum Gasteiger partial charge on any atom is -0.362 e. The first kappa shape index (κ1) is 12.9. The summed E-state index contributed by atoms with van der Waals surface area (Å²) < 4.78 is 5.18. The third-order valence-corrected chi connectivity index (χ3v) is 1.96. The number of rotatable bonds is 4. The summed E-state index contributed by atoms with van der Waals surface area (Å²) in [5.41, 5.74) is 0.357. The molecule has 0 aliphatic rings. The first-order chi connectivity index (χ1) is 7.38. The van der Waals surface area contributed by atoms with Crippen molar-refractivity contribution in [3.63, 3.8) is 0 Å². The van der Waals surface area contributed by atoms with Gasteiger partial charge in [-0.25, -0.2) is 0 Å². The number of Topliss-reactive ketones (excluding diaryl/α,β-unsaturated/α-hetero) is 1. The molecule has 0 saturated heterocycles. The van der Waals surface area contributed by atoms with Crippen LogP contribution in [0.4, 0.5) is 0 Å². The van der Waals surface area contributed by atoms with Gasteiger partial charge in [0.25, 0.3) is 0 Å². The molecule has 16 heavy (non-hydrogen) atoms. The van der Waals surface area contributed by atoms with Crippen molar-refractivity contribution in [2.75, 3.05) is 0 Å². The molecule has 0 heterocycles. The van der Waals surface area contributed by atoms with Crippen molar-refractivity contribution in [1.29, 1.82) is 0 Å². The highest BCUT2D eigenvalue weighted by Gasteiger charge is 2.22. The van der Waals surface area contributed by atoms with Crippen molar-refractivity contribution in [2.24, 2.45) is 0 Å². The van der Waals surface area contributed by atoms with Gasteiger partial charge in [0, 0.05) is 6.42 Å². The molecule has 0 amide bonds. The summed E-state index contributed by atoms with van der Waals surface area (Å²) in [6.07, 6.45) is -1.15. The smallest absolute Gasteiger partial charge is 0.216 e. The van der Waals surface area contributed by atoms with Crippen LogP contribution in [0.25, 0.3) is 0 Å². The van der Waals surface area contributed by atoms with Crippen molar-refractivity contribution in [3.05, 3.63) is 35.9 Å². The van der Waals surface area contributed by atoms with E-state index in [1.54, 1.807) is 20.8 Å². The Morgan fingerprint density at radius 1 is 1.31 bits per heavy atom. The summed E-state index contributed by atoms with van der Waals surface area (Å²) in [6.45, 7) is 5.39. The Hall–Kier alpha value is -1.19. The van der Waals surface area contributed by atoms with Gasteiger partial charge in [-0.15, -0.1) is 0 Å². The number of carbonyl (C=O) groups excluding carboxylic acids is 1. The van der Waals surface area contributed by atoms with E-state index in [4.69, 9.17) is 4.74 Å². The lowest BCUT2D eigenvalue weighted by Crippen LogP contribution is -2.33. The van der Waals surface area contributed by atoms with E-state index in [9.17, 15) is 9.90 Å². The molecule has 3 heteroatoms. The average molecular weight is 222 g/mol. The van der Waals surface area contributed by atoms with Crippen LogP contribution < -0.4 is 0 Å². The number of hydrogen-bond donors (Lipinski definition) is 1. The summed E-state index contributed by atoms with van der Waals surface area (Å²) >= 11 is 0. The van der Waals surface area contributed by atoms with Crippen LogP contribution in [0.2, 0.25) is 0 Å². The molecule has 0 fully saturated rings. The molecule has 1 aromatic carbocycles. The first-order valence-corrected chi connectivity index (χ1v) is 5.31. The minimum absolute atomic E-state index is 0.193. The molecular weight excluding hydrogens is 204 g/mol. The van der Waals surface area contributed by atoms with Gasteiger partial charge < -0.3 is 9.84 Å². The number of aliphatic hydroxyl groups is 1. The molecule has 1 aromatic rings. The van der Waals surface area contributed by atoms with Crippen LogP contribution in [-0.4, -0.2) is 22.8 Å². The van der Waals surface area contributed by atoms with Crippen LogP contribution in [0.1, 0.15) is 26.3 Å². The van der Waals surface area contributed by atoms with Crippen LogP contribution in [-0.2, 0) is 16.0 Å². The molecule has 88 valence electrons. The van der Waals surface area contributed by atoms with E-state index < -0.39 is 11.9 Å². The summed E-state index contributed by atoms with van der Waals surface area (Å²) in [7, 11) is 0. The number of carbonyl (C=O) groups is 1. The Bertz CT molecular complexity index is 338. The molecule has 0 radical (unpaired) electrons. The quantitative estimate of drug-likeness (QED) is 0.792. The van der Waals surface area contributed by atoms with Gasteiger partial charge in [-0.05, 0) is 26.3 Å². The highest BCUT2D eigenvalue weighted by atomic mass is 16.6. The minimum atomic E-state index is -1.35. The molecule has 0 aliphatic carbocycles. The zero-order valence-electron chi connectivity index (χ0n) is 9.93. The molecule has 0 bridgehead atoms. The highest BCUT2D eigenvalue weighted by molar-refractivity contribution is 5.83. The topological polar surface area (TPSA) is 46.5 Å². The van der Waals surface area contributed by atoms with Gasteiger partial charge in [0.15, 0.2) is 5.78 Å². The van der Waals surface area contributed by atoms with E-state index in [-0.39, 0.29) is 12.2 Å². The Kier molecular flexibility index (Phi) is 4.21. The van der Waals surface area contributed by atoms with E-state index >= 15 is 0 Å². The normalized spacial score (nSPS) is 13.5. The van der Waals surface area contributed by atoms with Gasteiger partial charge in [-0.3, -0.25) is 4.79 Å². The van der Waals surface area contributed by atoms with Gasteiger partial charge in [-0.1, -0.05) is 30.3 Å². The zero-order chi connectivity index (χ0) is 12.2. The number of hydrogen-bond acceptors (Lipinski definition) is 3. The van der Waals surface area contributed by atoms with Gasteiger partial charge in [0.05, 0.1) is 5.60 Å².